The number of hydrogen-bond acceptors (Lipinski definition) is 7. The van der Waals surface area contributed by atoms with E-state index in [4.69, 9.17) is 11.6 Å². The maximum Gasteiger partial charge on any atom is 0.289 e. The third-order valence-corrected chi connectivity index (χ3v) is 4.66. The van der Waals surface area contributed by atoms with E-state index in [9.17, 15) is 19.7 Å². The van der Waals surface area contributed by atoms with Crippen LogP contribution in [-0.4, -0.2) is 27.7 Å². The number of pyridine rings is 1. The Morgan fingerprint density at radius 2 is 2.00 bits per heavy atom. The van der Waals surface area contributed by atoms with Crippen molar-refractivity contribution in [3.05, 3.63) is 73.5 Å². The number of hydrogen-bond donors (Lipinski definition) is 1. The third-order valence-electron chi connectivity index (χ3n) is 3.54. The highest BCUT2D eigenvalue weighted by molar-refractivity contribution is 8.03. The average Bonchev–Trinajstić information content (AvgIpc) is 2.61. The highest BCUT2D eigenvalue weighted by Gasteiger charge is 2.33. The Morgan fingerprint density at radius 3 is 2.68 bits per heavy atom. The van der Waals surface area contributed by atoms with Crippen molar-refractivity contribution in [3.8, 4) is 0 Å². The molecular weight excluding hydrogens is 366 g/mol. The molecule has 25 heavy (non-hydrogen) atoms. The van der Waals surface area contributed by atoms with E-state index in [2.05, 4.69) is 10.3 Å². The number of fused-ring (bicyclic) bond motifs is 1. The minimum Gasteiger partial charge on any atom is -0.351 e. The number of ketones is 2. The molecule has 1 N–H and O–H groups in total. The fourth-order valence-electron chi connectivity index (χ4n) is 2.41. The van der Waals surface area contributed by atoms with Gasteiger partial charge in [-0.05, 0) is 30.5 Å². The molecule has 0 saturated carbocycles. The van der Waals surface area contributed by atoms with Gasteiger partial charge in [0.2, 0.25) is 11.6 Å². The van der Waals surface area contributed by atoms with Crippen molar-refractivity contribution >= 4 is 46.3 Å². The van der Waals surface area contributed by atoms with Crippen LogP contribution < -0.4 is 5.32 Å². The number of thioether (sulfide) groups is 1. The van der Waals surface area contributed by atoms with E-state index in [1.54, 1.807) is 12.3 Å². The van der Waals surface area contributed by atoms with E-state index in [1.165, 1.54) is 30.5 Å². The van der Waals surface area contributed by atoms with Crippen molar-refractivity contribution in [2.24, 2.45) is 0 Å². The molecule has 1 aromatic heterocycles. The summed E-state index contributed by atoms with van der Waals surface area (Å²) in [4.78, 5) is 39.9. The summed E-state index contributed by atoms with van der Waals surface area (Å²) in [5, 5.41) is 13.8. The van der Waals surface area contributed by atoms with Gasteiger partial charge in [-0.2, -0.15) is 0 Å². The van der Waals surface area contributed by atoms with Crippen LogP contribution in [0.5, 0.6) is 0 Å². The van der Waals surface area contributed by atoms with Gasteiger partial charge < -0.3 is 5.32 Å². The molecule has 0 unspecified atom stereocenters. The second kappa shape index (κ2) is 6.66. The standard InChI is InChI=1S/C16H10ClN3O4S/c1-25-16-13(14(21)9-3-2-6-18-12(9)15(16)22)19-8-4-5-10(17)11(7-8)20(23)24/h2-7,19H,1H3. The lowest BCUT2D eigenvalue weighted by molar-refractivity contribution is -0.384. The van der Waals surface area contributed by atoms with Crippen LogP contribution in [-0.2, 0) is 0 Å². The first-order valence-electron chi connectivity index (χ1n) is 6.97. The molecule has 0 aliphatic heterocycles. The fourth-order valence-corrected chi connectivity index (χ4v) is 3.23. The van der Waals surface area contributed by atoms with Gasteiger partial charge in [0.05, 0.1) is 15.4 Å². The largest absolute Gasteiger partial charge is 0.351 e. The maximum atomic E-state index is 12.7. The molecule has 0 bridgehead atoms. The Labute approximate surface area is 151 Å². The van der Waals surface area contributed by atoms with E-state index in [0.29, 0.717) is 0 Å². The monoisotopic (exact) mass is 375 g/mol. The molecule has 126 valence electrons. The van der Waals surface area contributed by atoms with Crippen molar-refractivity contribution in [1.29, 1.82) is 0 Å². The molecule has 1 heterocycles. The zero-order valence-electron chi connectivity index (χ0n) is 12.8. The highest BCUT2D eigenvalue weighted by atomic mass is 35.5. The lowest BCUT2D eigenvalue weighted by atomic mass is 9.96. The van der Waals surface area contributed by atoms with E-state index in [1.807, 2.05) is 0 Å². The number of nitrogens with zero attached hydrogens (tertiary/aromatic N) is 2. The summed E-state index contributed by atoms with van der Waals surface area (Å²) in [6.07, 6.45) is 3.11. The second-order valence-corrected chi connectivity index (χ2v) is 6.24. The van der Waals surface area contributed by atoms with Crippen molar-refractivity contribution in [3.63, 3.8) is 0 Å². The van der Waals surface area contributed by atoms with Gasteiger partial charge in [0.1, 0.15) is 16.4 Å². The lowest BCUT2D eigenvalue weighted by Gasteiger charge is -2.20. The van der Waals surface area contributed by atoms with Crippen molar-refractivity contribution in [2.45, 2.75) is 0 Å². The number of carbonyl (C=O) groups excluding carboxylic acids is 2. The molecule has 3 rings (SSSR count). The molecule has 9 heteroatoms. The molecule has 0 atom stereocenters. The SMILES string of the molecule is CSC1=C(Nc2ccc(Cl)c([N+](=O)[O-])c2)C(=O)c2cccnc2C1=O. The Kier molecular flexibility index (Phi) is 4.56. The Hall–Kier alpha value is -2.71. The maximum absolute atomic E-state index is 12.7. The summed E-state index contributed by atoms with van der Waals surface area (Å²) in [6.45, 7) is 0. The first-order chi connectivity index (χ1) is 11.9. The molecule has 7 nitrogen and oxygen atoms in total. The number of nitrogens with one attached hydrogen (secondary N) is 1. The number of allylic oxidation sites excluding steroid dienone is 2. The molecule has 0 radical (unpaired) electrons. The summed E-state index contributed by atoms with van der Waals surface area (Å²) in [5.74, 6) is -0.765. The molecule has 0 saturated heterocycles. The summed E-state index contributed by atoms with van der Waals surface area (Å²) in [6, 6.07) is 7.15. The van der Waals surface area contributed by atoms with Crippen LogP contribution in [0.25, 0.3) is 0 Å². The van der Waals surface area contributed by atoms with Gasteiger partial charge in [-0.1, -0.05) is 11.6 Å². The van der Waals surface area contributed by atoms with Crippen LogP contribution in [0, 0.1) is 10.1 Å². The van der Waals surface area contributed by atoms with Crippen LogP contribution in [0.3, 0.4) is 0 Å². The van der Waals surface area contributed by atoms with E-state index >= 15 is 0 Å². The number of aromatic nitrogens is 1. The molecule has 2 aromatic rings. The third kappa shape index (κ3) is 3.01. The number of Topliss-reactive ketones (excluding diaryl/α,β-unsaturated/α-hetero) is 2. The number of carbonyl (C=O) groups is 2. The van der Waals surface area contributed by atoms with Crippen molar-refractivity contribution in [2.75, 3.05) is 11.6 Å². The van der Waals surface area contributed by atoms with Crippen molar-refractivity contribution < 1.29 is 14.5 Å². The van der Waals surface area contributed by atoms with Gasteiger partial charge in [-0.3, -0.25) is 24.7 Å². The van der Waals surface area contributed by atoms with Crippen molar-refractivity contribution in [1.82, 2.24) is 4.98 Å². The van der Waals surface area contributed by atoms with Gasteiger partial charge in [0.25, 0.3) is 5.69 Å². The molecule has 0 fully saturated rings. The molecule has 1 aliphatic carbocycles. The van der Waals surface area contributed by atoms with Gasteiger partial charge in [-0.25, -0.2) is 0 Å². The Morgan fingerprint density at radius 1 is 1.24 bits per heavy atom. The number of nitro benzene ring substituents is 1. The zero-order chi connectivity index (χ0) is 18.1. The predicted molar refractivity (Wildman–Crippen MR) is 95.2 cm³/mol. The van der Waals surface area contributed by atoms with Crippen LogP contribution >= 0.6 is 23.4 Å². The van der Waals surface area contributed by atoms with Gasteiger partial charge in [0.15, 0.2) is 0 Å². The zero-order valence-corrected chi connectivity index (χ0v) is 14.4. The van der Waals surface area contributed by atoms with E-state index in [0.717, 1.165) is 11.8 Å². The fraction of sp³-hybridized carbons (Fsp3) is 0.0625. The first-order valence-corrected chi connectivity index (χ1v) is 8.58. The number of nitro groups is 1. The smallest absolute Gasteiger partial charge is 0.289 e. The topological polar surface area (TPSA) is 102 Å². The van der Waals surface area contributed by atoms with Gasteiger partial charge in [0, 0.05) is 18.0 Å². The highest BCUT2D eigenvalue weighted by Crippen LogP contribution is 2.33. The summed E-state index contributed by atoms with van der Waals surface area (Å²) in [7, 11) is 0. The van der Waals surface area contributed by atoms with Crippen LogP contribution in [0.4, 0.5) is 11.4 Å². The number of halogens is 1. The number of anilines is 1. The quantitative estimate of drug-likeness (QED) is 0.641. The number of rotatable bonds is 4. The van der Waals surface area contributed by atoms with E-state index in [-0.39, 0.29) is 44.0 Å². The Bertz CT molecular complexity index is 958. The average molecular weight is 376 g/mol. The molecule has 0 spiro atoms. The van der Waals surface area contributed by atoms with Crippen LogP contribution in [0.1, 0.15) is 20.8 Å². The van der Waals surface area contributed by atoms with Crippen LogP contribution in [0.2, 0.25) is 5.02 Å². The molecule has 1 aromatic carbocycles. The lowest BCUT2D eigenvalue weighted by Crippen LogP contribution is -2.26. The number of benzene rings is 1. The molecule has 0 amide bonds. The predicted octanol–water partition coefficient (Wildman–Crippen LogP) is 3.71. The molecular formula is C16H10ClN3O4S. The van der Waals surface area contributed by atoms with Crippen LogP contribution in [0.15, 0.2) is 47.1 Å². The summed E-state index contributed by atoms with van der Waals surface area (Å²) < 4.78 is 0. The summed E-state index contributed by atoms with van der Waals surface area (Å²) in [5.41, 5.74) is 0.344. The van der Waals surface area contributed by atoms with Gasteiger partial charge >= 0.3 is 0 Å². The van der Waals surface area contributed by atoms with E-state index < -0.39 is 10.7 Å². The first kappa shape index (κ1) is 17.1. The minimum absolute atomic E-state index is 0.0183. The summed E-state index contributed by atoms with van der Waals surface area (Å²) >= 11 is 6.90. The Balaban J connectivity index is 2.07. The second-order valence-electron chi connectivity index (χ2n) is 5.01. The van der Waals surface area contributed by atoms with Gasteiger partial charge in [-0.15, -0.1) is 11.8 Å². The molecule has 1 aliphatic rings. The minimum atomic E-state index is -0.621. The normalized spacial score (nSPS) is 13.7.